The number of amides is 1. The maximum Gasteiger partial charge on any atom is 0.252 e. The van der Waals surface area contributed by atoms with Gasteiger partial charge in [0.15, 0.2) is 0 Å². The Labute approximate surface area is 142 Å². The van der Waals surface area contributed by atoms with Crippen LogP contribution in [0.3, 0.4) is 0 Å². The first-order valence-electron chi connectivity index (χ1n) is 9.03. The van der Waals surface area contributed by atoms with Gasteiger partial charge in [-0.05, 0) is 63.1 Å². The molecule has 1 aromatic heterocycles. The largest absolute Gasteiger partial charge is 0.379 e. The molecule has 1 unspecified atom stereocenters. The number of ether oxygens (including phenoxy) is 1. The maximum absolute atomic E-state index is 13.1. The van der Waals surface area contributed by atoms with Crippen LogP contribution in [0.2, 0.25) is 0 Å². The summed E-state index contributed by atoms with van der Waals surface area (Å²) in [6.07, 6.45) is 6.24. The van der Waals surface area contributed by atoms with E-state index in [1.807, 2.05) is 6.07 Å². The van der Waals surface area contributed by atoms with E-state index in [-0.39, 0.29) is 11.9 Å². The van der Waals surface area contributed by atoms with Crippen LogP contribution < -0.4 is 5.32 Å². The molecule has 1 aromatic carbocycles. The minimum atomic E-state index is 0.0432. The van der Waals surface area contributed by atoms with Crippen LogP contribution >= 0.6 is 0 Å². The average Bonchev–Trinajstić information content (AvgIpc) is 2.60. The van der Waals surface area contributed by atoms with Crippen LogP contribution in [0, 0.1) is 6.92 Å². The summed E-state index contributed by atoms with van der Waals surface area (Å²) in [5.74, 6) is 0.0432. The predicted molar refractivity (Wildman–Crippen MR) is 94.4 cm³/mol. The lowest BCUT2D eigenvalue weighted by Gasteiger charge is -2.25. The highest BCUT2D eigenvalue weighted by Gasteiger charge is 2.25. The Morgan fingerprint density at radius 1 is 1.25 bits per heavy atom. The number of carbonyl (C=O) groups excluding carboxylic acids is 1. The van der Waals surface area contributed by atoms with E-state index in [9.17, 15) is 4.79 Å². The van der Waals surface area contributed by atoms with Gasteiger partial charge in [-0.3, -0.25) is 9.78 Å². The monoisotopic (exact) mass is 324 g/mol. The number of aromatic nitrogens is 1. The summed E-state index contributed by atoms with van der Waals surface area (Å²) in [7, 11) is 0. The highest BCUT2D eigenvalue weighted by atomic mass is 16.5. The van der Waals surface area contributed by atoms with Gasteiger partial charge in [-0.25, -0.2) is 0 Å². The molecular formula is C20H24N2O2. The van der Waals surface area contributed by atoms with Crippen molar-refractivity contribution >= 4 is 16.8 Å². The highest BCUT2D eigenvalue weighted by Crippen LogP contribution is 2.30. The fourth-order valence-corrected chi connectivity index (χ4v) is 3.91. The number of hydrogen-bond donors (Lipinski definition) is 1. The Morgan fingerprint density at radius 2 is 2.12 bits per heavy atom. The predicted octanol–water partition coefficient (Wildman–Crippen LogP) is 3.33. The van der Waals surface area contributed by atoms with Crippen molar-refractivity contribution in [3.63, 3.8) is 0 Å². The zero-order chi connectivity index (χ0) is 16.5. The van der Waals surface area contributed by atoms with Gasteiger partial charge in [-0.1, -0.05) is 11.6 Å². The van der Waals surface area contributed by atoms with Gasteiger partial charge in [0.05, 0.1) is 23.7 Å². The van der Waals surface area contributed by atoms with Crippen molar-refractivity contribution in [3.8, 4) is 0 Å². The van der Waals surface area contributed by atoms with Crippen molar-refractivity contribution in [1.29, 1.82) is 0 Å². The number of benzene rings is 1. The fourth-order valence-electron chi connectivity index (χ4n) is 3.91. The molecule has 0 radical (unpaired) electrons. The van der Waals surface area contributed by atoms with Crippen LogP contribution in [0.1, 0.15) is 52.9 Å². The molecule has 4 nitrogen and oxygen atoms in total. The molecule has 0 spiro atoms. The normalized spacial score (nSPS) is 20.6. The van der Waals surface area contributed by atoms with Crippen LogP contribution in [0.15, 0.2) is 18.2 Å². The Hall–Kier alpha value is -1.94. The smallest absolute Gasteiger partial charge is 0.252 e. The molecule has 2 aromatic rings. The van der Waals surface area contributed by atoms with Crippen molar-refractivity contribution < 1.29 is 9.53 Å². The summed E-state index contributed by atoms with van der Waals surface area (Å²) in [6.45, 7) is 3.49. The van der Waals surface area contributed by atoms with Gasteiger partial charge in [-0.15, -0.1) is 0 Å². The topological polar surface area (TPSA) is 51.2 Å². The number of nitrogens with zero attached hydrogens (tertiary/aromatic N) is 1. The molecular weight excluding hydrogens is 300 g/mol. The molecule has 1 aliphatic heterocycles. The Morgan fingerprint density at radius 3 is 2.96 bits per heavy atom. The SMILES string of the molecule is Cc1ccc2nc3c(c(C(=O)NC4CCCOC4)c2c1)CCCC3. The zero-order valence-corrected chi connectivity index (χ0v) is 14.2. The van der Waals surface area contributed by atoms with Gasteiger partial charge in [0.2, 0.25) is 0 Å². The Balaban J connectivity index is 1.79. The summed E-state index contributed by atoms with van der Waals surface area (Å²) in [5.41, 5.74) is 5.22. The number of carbonyl (C=O) groups is 1. The van der Waals surface area contributed by atoms with E-state index >= 15 is 0 Å². The first kappa shape index (κ1) is 15.6. The average molecular weight is 324 g/mol. The third-order valence-corrected chi connectivity index (χ3v) is 5.14. The lowest BCUT2D eigenvalue weighted by Crippen LogP contribution is -2.41. The van der Waals surface area contributed by atoms with Gasteiger partial charge in [-0.2, -0.15) is 0 Å². The lowest BCUT2D eigenvalue weighted by molar-refractivity contribution is 0.0624. The summed E-state index contributed by atoms with van der Waals surface area (Å²) in [6, 6.07) is 6.34. The van der Waals surface area contributed by atoms with Crippen LogP contribution in [0.25, 0.3) is 10.9 Å². The summed E-state index contributed by atoms with van der Waals surface area (Å²) < 4.78 is 5.51. The second-order valence-electron chi connectivity index (χ2n) is 7.03. The molecule has 0 saturated carbocycles. The highest BCUT2D eigenvalue weighted by molar-refractivity contribution is 6.08. The minimum absolute atomic E-state index is 0.0432. The van der Waals surface area contributed by atoms with Crippen molar-refractivity contribution in [2.45, 2.75) is 51.5 Å². The zero-order valence-electron chi connectivity index (χ0n) is 14.2. The first-order valence-corrected chi connectivity index (χ1v) is 9.03. The van der Waals surface area contributed by atoms with E-state index in [1.54, 1.807) is 0 Å². The maximum atomic E-state index is 13.1. The molecule has 2 aliphatic rings. The number of hydrogen-bond acceptors (Lipinski definition) is 3. The van der Waals surface area contributed by atoms with Crippen molar-refractivity contribution in [1.82, 2.24) is 10.3 Å². The second kappa shape index (κ2) is 6.52. The molecule has 1 saturated heterocycles. The second-order valence-corrected chi connectivity index (χ2v) is 7.03. The molecule has 1 aliphatic carbocycles. The van der Waals surface area contributed by atoms with Gasteiger partial charge < -0.3 is 10.1 Å². The summed E-state index contributed by atoms with van der Waals surface area (Å²) in [5, 5.41) is 4.20. The van der Waals surface area contributed by atoms with Crippen LogP contribution in [-0.4, -0.2) is 30.1 Å². The first-order chi connectivity index (χ1) is 11.7. The number of fused-ring (bicyclic) bond motifs is 2. The Bertz CT molecular complexity index is 779. The van der Waals surface area contributed by atoms with E-state index in [4.69, 9.17) is 9.72 Å². The molecule has 1 N–H and O–H groups in total. The van der Waals surface area contributed by atoms with Crippen molar-refractivity contribution in [3.05, 3.63) is 40.6 Å². The molecule has 1 fully saturated rings. The number of rotatable bonds is 2. The van der Waals surface area contributed by atoms with Gasteiger partial charge in [0, 0.05) is 17.7 Å². The molecule has 126 valence electrons. The molecule has 4 heteroatoms. The molecule has 24 heavy (non-hydrogen) atoms. The van der Waals surface area contributed by atoms with Gasteiger partial charge >= 0.3 is 0 Å². The molecule has 2 heterocycles. The van der Waals surface area contributed by atoms with Crippen LogP contribution in [0.4, 0.5) is 0 Å². The summed E-state index contributed by atoms with van der Waals surface area (Å²) in [4.78, 5) is 18.0. The van der Waals surface area contributed by atoms with E-state index in [2.05, 4.69) is 24.4 Å². The molecule has 0 bridgehead atoms. The van der Waals surface area contributed by atoms with Crippen molar-refractivity contribution in [2.24, 2.45) is 0 Å². The van der Waals surface area contributed by atoms with E-state index < -0.39 is 0 Å². The minimum Gasteiger partial charge on any atom is -0.379 e. The fraction of sp³-hybridized carbons (Fsp3) is 0.500. The van der Waals surface area contributed by atoms with Gasteiger partial charge in [0.25, 0.3) is 5.91 Å². The third kappa shape index (κ3) is 2.91. The van der Waals surface area contributed by atoms with E-state index in [0.29, 0.717) is 6.61 Å². The molecule has 1 atom stereocenters. The quantitative estimate of drug-likeness (QED) is 0.922. The molecule has 4 rings (SSSR count). The van der Waals surface area contributed by atoms with E-state index in [0.717, 1.165) is 78.4 Å². The van der Waals surface area contributed by atoms with E-state index in [1.165, 1.54) is 0 Å². The van der Waals surface area contributed by atoms with Crippen molar-refractivity contribution in [2.75, 3.05) is 13.2 Å². The van der Waals surface area contributed by atoms with Crippen LogP contribution in [-0.2, 0) is 17.6 Å². The molecule has 1 amide bonds. The Kier molecular flexibility index (Phi) is 4.23. The standard InChI is InChI=1S/C20H24N2O2/c1-13-8-9-18-16(11-13)19(15-6-2-3-7-17(15)22-18)20(23)21-14-5-4-10-24-12-14/h8-9,11,14H,2-7,10,12H2,1H3,(H,21,23). The number of nitrogens with one attached hydrogen (secondary N) is 1. The van der Waals surface area contributed by atoms with Gasteiger partial charge in [0.1, 0.15) is 0 Å². The third-order valence-electron chi connectivity index (χ3n) is 5.14. The van der Waals surface area contributed by atoms with Crippen LogP contribution in [0.5, 0.6) is 0 Å². The number of aryl methyl sites for hydroxylation is 2. The number of pyridine rings is 1. The summed E-state index contributed by atoms with van der Waals surface area (Å²) >= 11 is 0. The lowest BCUT2D eigenvalue weighted by atomic mass is 9.89.